The van der Waals surface area contributed by atoms with E-state index in [0.29, 0.717) is 6.04 Å². The summed E-state index contributed by atoms with van der Waals surface area (Å²) in [5.41, 5.74) is 4.93. The van der Waals surface area contributed by atoms with Gasteiger partial charge in [0.05, 0.1) is 0 Å². The predicted octanol–water partition coefficient (Wildman–Crippen LogP) is 4.17. The van der Waals surface area contributed by atoms with E-state index in [4.69, 9.17) is 0 Å². The van der Waals surface area contributed by atoms with Crippen LogP contribution in [0.4, 0.5) is 0 Å². The number of rotatable bonds is 0. The summed E-state index contributed by atoms with van der Waals surface area (Å²) >= 11 is 0. The lowest BCUT2D eigenvalue weighted by molar-refractivity contribution is 0.288. The van der Waals surface area contributed by atoms with Gasteiger partial charge in [0.2, 0.25) is 0 Å². The molecule has 1 aromatic rings. The summed E-state index contributed by atoms with van der Waals surface area (Å²) in [6.45, 7) is 14.8. The van der Waals surface area contributed by atoms with Crippen molar-refractivity contribution in [2.24, 2.45) is 5.41 Å². The molecule has 1 aliphatic rings. The highest BCUT2D eigenvalue weighted by Crippen LogP contribution is 2.40. The zero-order chi connectivity index (χ0) is 12.8. The molecule has 1 N–H and O–H groups in total. The van der Waals surface area contributed by atoms with E-state index in [1.807, 2.05) is 0 Å². The van der Waals surface area contributed by atoms with Crippen LogP contribution in [0.25, 0.3) is 0 Å². The van der Waals surface area contributed by atoms with Gasteiger partial charge in [0.25, 0.3) is 0 Å². The quantitative estimate of drug-likeness (QED) is 0.706. The minimum Gasteiger partial charge on any atom is -0.305 e. The molecule has 0 radical (unpaired) electrons. The summed E-state index contributed by atoms with van der Waals surface area (Å²) in [5, 5.41) is 3.64. The normalized spacial score (nSPS) is 20.5. The van der Waals surface area contributed by atoms with E-state index in [9.17, 15) is 0 Å². The minimum atomic E-state index is 0.236. The van der Waals surface area contributed by atoms with Crippen molar-refractivity contribution in [3.63, 3.8) is 0 Å². The van der Waals surface area contributed by atoms with Crippen LogP contribution in [0.3, 0.4) is 0 Å². The molecule has 1 heterocycles. The molecule has 1 atom stereocenters. The van der Waals surface area contributed by atoms with Gasteiger partial charge < -0.3 is 5.32 Å². The predicted molar refractivity (Wildman–Crippen MR) is 74.2 cm³/mol. The van der Waals surface area contributed by atoms with E-state index in [2.05, 4.69) is 65.1 Å². The molecule has 0 fully saturated rings. The monoisotopic (exact) mass is 231 g/mol. The first-order valence-electron chi connectivity index (χ1n) is 6.56. The fraction of sp³-hybridized carbons (Fsp3) is 0.625. The fourth-order valence-corrected chi connectivity index (χ4v) is 2.59. The molecule has 17 heavy (non-hydrogen) atoms. The number of hydrogen-bond donors (Lipinski definition) is 1. The second kappa shape index (κ2) is 3.84. The van der Waals surface area contributed by atoms with Gasteiger partial charge in [-0.1, -0.05) is 59.7 Å². The van der Waals surface area contributed by atoms with Gasteiger partial charge in [0.1, 0.15) is 0 Å². The number of nitrogens with one attached hydrogen (secondary N) is 1. The van der Waals surface area contributed by atoms with Crippen molar-refractivity contribution in [1.82, 2.24) is 5.32 Å². The average Bonchev–Trinajstić information content (AvgIpc) is 2.57. The van der Waals surface area contributed by atoms with Crippen LogP contribution in [0.1, 0.15) is 64.3 Å². The minimum absolute atomic E-state index is 0.236. The third-order valence-electron chi connectivity index (χ3n) is 3.69. The zero-order valence-corrected chi connectivity index (χ0v) is 12.0. The number of fused-ring (bicyclic) bond motifs is 1. The van der Waals surface area contributed by atoms with Gasteiger partial charge in [-0.3, -0.25) is 0 Å². The Morgan fingerprint density at radius 2 is 1.71 bits per heavy atom. The molecule has 0 amide bonds. The van der Waals surface area contributed by atoms with Crippen LogP contribution >= 0.6 is 0 Å². The van der Waals surface area contributed by atoms with Crippen molar-refractivity contribution >= 4 is 0 Å². The van der Waals surface area contributed by atoms with Crippen LogP contribution < -0.4 is 5.32 Å². The lowest BCUT2D eigenvalue weighted by Crippen LogP contribution is -2.26. The maximum atomic E-state index is 3.64. The molecule has 1 nitrogen and oxygen atoms in total. The number of hydrogen-bond acceptors (Lipinski definition) is 1. The standard InChI is InChI=1S/C16H25N/c1-15(2,3)12-8-7-11-10-17-14(13(11)9-12)16(4,5)6/h7-9,14,17H,10H2,1-6H3. The van der Waals surface area contributed by atoms with Crippen LogP contribution in [0.2, 0.25) is 0 Å². The first-order valence-corrected chi connectivity index (χ1v) is 6.56. The van der Waals surface area contributed by atoms with E-state index in [1.54, 1.807) is 0 Å². The molecule has 1 heteroatoms. The highest BCUT2D eigenvalue weighted by Gasteiger charge is 2.32. The Morgan fingerprint density at radius 1 is 1.06 bits per heavy atom. The molecule has 0 aliphatic carbocycles. The summed E-state index contributed by atoms with van der Waals surface area (Å²) < 4.78 is 0. The van der Waals surface area contributed by atoms with E-state index in [-0.39, 0.29) is 10.8 Å². The SMILES string of the molecule is CC(C)(C)c1ccc2c(c1)C(C(C)(C)C)NC2. The van der Waals surface area contributed by atoms with Gasteiger partial charge >= 0.3 is 0 Å². The van der Waals surface area contributed by atoms with Gasteiger partial charge in [-0.2, -0.15) is 0 Å². The summed E-state index contributed by atoms with van der Waals surface area (Å²) in [7, 11) is 0. The van der Waals surface area contributed by atoms with Crippen LogP contribution in [-0.2, 0) is 12.0 Å². The Morgan fingerprint density at radius 3 is 2.24 bits per heavy atom. The van der Waals surface area contributed by atoms with E-state index >= 15 is 0 Å². The largest absolute Gasteiger partial charge is 0.305 e. The lowest BCUT2D eigenvalue weighted by atomic mass is 9.79. The van der Waals surface area contributed by atoms with Crippen LogP contribution in [-0.4, -0.2) is 0 Å². The Bertz CT molecular complexity index is 418. The number of benzene rings is 1. The first-order chi connectivity index (χ1) is 7.69. The summed E-state index contributed by atoms with van der Waals surface area (Å²) in [5.74, 6) is 0. The summed E-state index contributed by atoms with van der Waals surface area (Å²) in [4.78, 5) is 0. The maximum Gasteiger partial charge on any atom is 0.0375 e. The van der Waals surface area contributed by atoms with Crippen LogP contribution in [0.5, 0.6) is 0 Å². The van der Waals surface area contributed by atoms with Crippen molar-refractivity contribution in [3.05, 3.63) is 34.9 Å². The third kappa shape index (κ3) is 2.40. The molecule has 1 aromatic carbocycles. The van der Waals surface area contributed by atoms with Crippen molar-refractivity contribution in [2.45, 2.75) is 59.5 Å². The smallest absolute Gasteiger partial charge is 0.0375 e. The van der Waals surface area contributed by atoms with Crippen LogP contribution in [0, 0.1) is 5.41 Å². The molecular weight excluding hydrogens is 206 g/mol. The Kier molecular flexibility index (Phi) is 2.86. The molecule has 1 aliphatic heterocycles. The van der Waals surface area contributed by atoms with Crippen molar-refractivity contribution in [1.29, 1.82) is 0 Å². The maximum absolute atomic E-state index is 3.64. The molecule has 0 aromatic heterocycles. The fourth-order valence-electron chi connectivity index (χ4n) is 2.59. The molecular formula is C16H25N. The van der Waals surface area contributed by atoms with Crippen LogP contribution in [0.15, 0.2) is 18.2 Å². The molecule has 0 saturated carbocycles. The van der Waals surface area contributed by atoms with Crippen molar-refractivity contribution < 1.29 is 0 Å². The lowest BCUT2D eigenvalue weighted by Gasteiger charge is -2.29. The van der Waals surface area contributed by atoms with E-state index in [0.717, 1.165) is 6.54 Å². The summed E-state index contributed by atoms with van der Waals surface area (Å²) in [6.07, 6.45) is 0. The second-order valence-electron chi connectivity index (χ2n) is 7.34. The Labute approximate surface area is 106 Å². The van der Waals surface area contributed by atoms with Gasteiger partial charge in [-0.25, -0.2) is 0 Å². The molecule has 0 spiro atoms. The van der Waals surface area contributed by atoms with Gasteiger partial charge in [-0.05, 0) is 27.5 Å². The van der Waals surface area contributed by atoms with E-state index < -0.39 is 0 Å². The Balaban J connectivity index is 2.45. The molecule has 94 valence electrons. The zero-order valence-electron chi connectivity index (χ0n) is 12.0. The second-order valence-corrected chi connectivity index (χ2v) is 7.34. The molecule has 2 rings (SSSR count). The van der Waals surface area contributed by atoms with Gasteiger partial charge in [0, 0.05) is 12.6 Å². The van der Waals surface area contributed by atoms with E-state index in [1.165, 1.54) is 16.7 Å². The molecule has 0 bridgehead atoms. The highest BCUT2D eigenvalue weighted by molar-refractivity contribution is 5.40. The van der Waals surface area contributed by atoms with Gasteiger partial charge in [0.15, 0.2) is 0 Å². The van der Waals surface area contributed by atoms with Crippen molar-refractivity contribution in [3.8, 4) is 0 Å². The summed E-state index contributed by atoms with van der Waals surface area (Å²) in [6, 6.07) is 7.48. The molecule has 1 unspecified atom stereocenters. The highest BCUT2D eigenvalue weighted by atomic mass is 15.0. The van der Waals surface area contributed by atoms with Crippen molar-refractivity contribution in [2.75, 3.05) is 0 Å². The Hall–Kier alpha value is -0.820. The van der Waals surface area contributed by atoms with Gasteiger partial charge in [-0.15, -0.1) is 0 Å². The topological polar surface area (TPSA) is 12.0 Å². The molecule has 0 saturated heterocycles. The third-order valence-corrected chi connectivity index (χ3v) is 3.69. The first kappa shape index (κ1) is 12.6. The average molecular weight is 231 g/mol.